The normalized spacial score (nSPS) is 14.5. The third-order valence-corrected chi connectivity index (χ3v) is 7.31. The van der Waals surface area contributed by atoms with E-state index in [0.717, 1.165) is 33.8 Å². The monoisotopic (exact) mass is 525 g/mol. The van der Waals surface area contributed by atoms with Crippen molar-refractivity contribution in [3.63, 3.8) is 0 Å². The smallest absolute Gasteiger partial charge is 0.303 e. The Hall–Kier alpha value is -4.01. The van der Waals surface area contributed by atoms with Crippen molar-refractivity contribution in [2.75, 3.05) is 6.54 Å². The number of carboxylic acids is 1. The lowest BCUT2D eigenvalue weighted by atomic mass is 10.1. The number of amides is 1. The van der Waals surface area contributed by atoms with Gasteiger partial charge in [0.1, 0.15) is 4.32 Å². The Balaban J connectivity index is 1.41. The van der Waals surface area contributed by atoms with Gasteiger partial charge in [-0.05, 0) is 36.3 Å². The number of carbonyl (C=O) groups excluding carboxylic acids is 1. The number of thiocarbonyl (C=S) groups is 1. The predicted octanol–water partition coefficient (Wildman–Crippen LogP) is 6.27. The van der Waals surface area contributed by atoms with Crippen LogP contribution in [-0.2, 0) is 9.59 Å². The van der Waals surface area contributed by atoms with E-state index in [9.17, 15) is 9.59 Å². The first-order valence-electron chi connectivity index (χ1n) is 11.8. The molecular weight excluding hydrogens is 502 g/mol. The molecular formula is C29H23N3O3S2. The number of nitrogens with zero attached hydrogens (tertiary/aromatic N) is 3. The van der Waals surface area contributed by atoms with Crippen molar-refractivity contribution in [2.24, 2.45) is 0 Å². The minimum Gasteiger partial charge on any atom is -0.481 e. The first kappa shape index (κ1) is 24.7. The van der Waals surface area contributed by atoms with Gasteiger partial charge in [0.15, 0.2) is 0 Å². The maximum atomic E-state index is 12.8. The number of aromatic nitrogens is 2. The van der Waals surface area contributed by atoms with Crippen LogP contribution >= 0.6 is 24.0 Å². The van der Waals surface area contributed by atoms with Gasteiger partial charge in [0.2, 0.25) is 0 Å². The second-order valence-corrected chi connectivity index (χ2v) is 10.2. The third-order valence-electron chi connectivity index (χ3n) is 5.93. The Morgan fingerprint density at radius 3 is 2.24 bits per heavy atom. The molecule has 0 unspecified atom stereocenters. The van der Waals surface area contributed by atoms with Crippen LogP contribution in [0.4, 0.5) is 0 Å². The van der Waals surface area contributed by atoms with E-state index in [1.165, 1.54) is 16.7 Å². The topological polar surface area (TPSA) is 75.4 Å². The summed E-state index contributed by atoms with van der Waals surface area (Å²) >= 11 is 6.59. The second-order valence-electron chi connectivity index (χ2n) is 8.48. The van der Waals surface area contributed by atoms with Gasteiger partial charge in [-0.15, -0.1) is 0 Å². The molecule has 3 aromatic carbocycles. The standard InChI is InChI=1S/C29H23N3O3S2/c33-27(34)12-7-17-31-28(35)26(37-29(31)36)18-20-13-15-23(16-14-20)32-25(22-10-5-2-6-11-22)19-24(30-32)21-8-3-1-4-9-21/h1-6,8-11,13-16,18-19H,7,12,17H2,(H,33,34). The van der Waals surface area contributed by atoms with E-state index in [4.69, 9.17) is 22.4 Å². The van der Waals surface area contributed by atoms with Crippen molar-refractivity contribution in [1.82, 2.24) is 14.7 Å². The average molecular weight is 526 g/mol. The molecule has 0 bridgehead atoms. The Morgan fingerprint density at radius 2 is 1.59 bits per heavy atom. The van der Waals surface area contributed by atoms with Crippen molar-refractivity contribution in [3.8, 4) is 28.2 Å². The SMILES string of the molecule is O=C(O)CCCN1C(=O)C(=Cc2ccc(-n3nc(-c4ccccc4)cc3-c3ccccc3)cc2)SC1=S. The summed E-state index contributed by atoms with van der Waals surface area (Å²) in [5.74, 6) is -1.07. The molecule has 4 aromatic rings. The first-order chi connectivity index (χ1) is 18.0. The molecule has 184 valence electrons. The number of aliphatic carboxylic acids is 1. The Kier molecular flexibility index (Phi) is 7.30. The van der Waals surface area contributed by atoms with E-state index in [2.05, 4.69) is 18.2 Å². The Morgan fingerprint density at radius 1 is 0.946 bits per heavy atom. The Bertz CT molecular complexity index is 1480. The van der Waals surface area contributed by atoms with Crippen LogP contribution in [0.25, 0.3) is 34.3 Å². The summed E-state index contributed by atoms with van der Waals surface area (Å²) in [7, 11) is 0. The summed E-state index contributed by atoms with van der Waals surface area (Å²) in [6, 6.07) is 30.2. The molecule has 6 nitrogen and oxygen atoms in total. The lowest BCUT2D eigenvalue weighted by Crippen LogP contribution is -2.29. The molecule has 1 aromatic heterocycles. The summed E-state index contributed by atoms with van der Waals surface area (Å²) < 4.78 is 2.39. The van der Waals surface area contributed by atoms with E-state index in [1.807, 2.05) is 83.6 Å². The summed E-state index contributed by atoms with van der Waals surface area (Å²) in [6.45, 7) is 0.304. The number of rotatable bonds is 8. The van der Waals surface area contributed by atoms with Gasteiger partial charge in [-0.3, -0.25) is 14.5 Å². The van der Waals surface area contributed by atoms with Crippen LogP contribution in [0.2, 0.25) is 0 Å². The fourth-order valence-electron chi connectivity index (χ4n) is 4.09. The zero-order chi connectivity index (χ0) is 25.8. The highest BCUT2D eigenvalue weighted by atomic mass is 32.2. The maximum absolute atomic E-state index is 12.8. The number of carbonyl (C=O) groups is 2. The molecule has 37 heavy (non-hydrogen) atoms. The molecule has 2 heterocycles. The van der Waals surface area contributed by atoms with Gasteiger partial charge < -0.3 is 5.11 Å². The largest absolute Gasteiger partial charge is 0.481 e. The number of hydrogen-bond donors (Lipinski definition) is 1. The molecule has 1 amide bonds. The van der Waals surface area contributed by atoms with Crippen LogP contribution in [0.1, 0.15) is 18.4 Å². The van der Waals surface area contributed by atoms with Crippen LogP contribution in [0, 0.1) is 0 Å². The highest BCUT2D eigenvalue weighted by molar-refractivity contribution is 8.26. The van der Waals surface area contributed by atoms with E-state index < -0.39 is 5.97 Å². The molecule has 8 heteroatoms. The lowest BCUT2D eigenvalue weighted by molar-refractivity contribution is -0.137. The minimum absolute atomic E-state index is 0.00194. The minimum atomic E-state index is -0.885. The molecule has 0 spiro atoms. The molecule has 1 saturated heterocycles. The van der Waals surface area contributed by atoms with E-state index in [0.29, 0.717) is 22.2 Å². The van der Waals surface area contributed by atoms with Crippen molar-refractivity contribution in [3.05, 3.63) is 101 Å². The molecule has 1 aliphatic rings. The van der Waals surface area contributed by atoms with Gasteiger partial charge in [-0.25, -0.2) is 4.68 Å². The van der Waals surface area contributed by atoms with Gasteiger partial charge in [0.25, 0.3) is 5.91 Å². The summed E-state index contributed by atoms with van der Waals surface area (Å²) in [5.41, 5.74) is 5.74. The number of benzene rings is 3. The molecule has 0 saturated carbocycles. The second kappa shape index (κ2) is 10.9. The first-order valence-corrected chi connectivity index (χ1v) is 13.0. The van der Waals surface area contributed by atoms with Gasteiger partial charge in [0, 0.05) is 24.1 Å². The fourth-order valence-corrected chi connectivity index (χ4v) is 5.40. The van der Waals surface area contributed by atoms with Crippen molar-refractivity contribution >= 4 is 46.3 Å². The van der Waals surface area contributed by atoms with E-state index >= 15 is 0 Å². The third kappa shape index (κ3) is 5.55. The summed E-state index contributed by atoms with van der Waals surface area (Å²) in [4.78, 5) is 25.6. The fraction of sp³-hybridized carbons (Fsp3) is 0.103. The van der Waals surface area contributed by atoms with Crippen LogP contribution in [-0.4, -0.2) is 42.5 Å². The molecule has 1 aliphatic heterocycles. The highest BCUT2D eigenvalue weighted by Crippen LogP contribution is 2.33. The van der Waals surface area contributed by atoms with E-state index in [1.54, 1.807) is 0 Å². The van der Waals surface area contributed by atoms with Gasteiger partial charge in [-0.1, -0.05) is 96.8 Å². The van der Waals surface area contributed by atoms with Gasteiger partial charge in [0.05, 0.1) is 22.0 Å². The number of thioether (sulfide) groups is 1. The van der Waals surface area contributed by atoms with Crippen molar-refractivity contribution in [2.45, 2.75) is 12.8 Å². The van der Waals surface area contributed by atoms with Crippen molar-refractivity contribution < 1.29 is 14.7 Å². The average Bonchev–Trinajstić information content (AvgIpc) is 3.47. The molecule has 5 rings (SSSR count). The molecule has 0 aliphatic carbocycles. The summed E-state index contributed by atoms with van der Waals surface area (Å²) in [6.07, 6.45) is 2.18. The molecule has 1 fully saturated rings. The quantitative estimate of drug-likeness (QED) is 0.216. The number of hydrogen-bond acceptors (Lipinski definition) is 5. The Labute approximate surface area is 224 Å². The number of carboxylic acid groups (broad SMARTS) is 1. The van der Waals surface area contributed by atoms with Crippen LogP contribution in [0.3, 0.4) is 0 Å². The zero-order valence-corrected chi connectivity index (χ0v) is 21.4. The van der Waals surface area contributed by atoms with Crippen LogP contribution < -0.4 is 0 Å². The molecule has 0 atom stereocenters. The highest BCUT2D eigenvalue weighted by Gasteiger charge is 2.31. The zero-order valence-electron chi connectivity index (χ0n) is 19.8. The van der Waals surface area contributed by atoms with Gasteiger partial charge in [-0.2, -0.15) is 5.10 Å². The van der Waals surface area contributed by atoms with Crippen LogP contribution in [0.15, 0.2) is 95.9 Å². The predicted molar refractivity (Wildman–Crippen MR) is 151 cm³/mol. The summed E-state index contributed by atoms with van der Waals surface area (Å²) in [5, 5.41) is 13.8. The molecule has 0 radical (unpaired) electrons. The lowest BCUT2D eigenvalue weighted by Gasteiger charge is -2.13. The van der Waals surface area contributed by atoms with Crippen molar-refractivity contribution in [1.29, 1.82) is 0 Å². The maximum Gasteiger partial charge on any atom is 0.303 e. The molecule has 1 N–H and O–H groups in total. The van der Waals surface area contributed by atoms with E-state index in [-0.39, 0.29) is 12.3 Å². The van der Waals surface area contributed by atoms with Crippen LogP contribution in [0.5, 0.6) is 0 Å². The van der Waals surface area contributed by atoms with Gasteiger partial charge >= 0.3 is 5.97 Å².